The molecule has 0 amide bonds. The summed E-state index contributed by atoms with van der Waals surface area (Å²) in [6.07, 6.45) is 10.1. The Kier molecular flexibility index (Phi) is 4.43. The molecule has 3 aromatic rings. The van der Waals surface area contributed by atoms with Crippen molar-refractivity contribution in [3.63, 3.8) is 0 Å². The summed E-state index contributed by atoms with van der Waals surface area (Å²) in [6, 6.07) is 4.58. The first kappa shape index (κ1) is 16.5. The number of hydrogen-bond donors (Lipinski definition) is 2. The van der Waals surface area contributed by atoms with Crippen LogP contribution in [0, 0.1) is 6.92 Å². The first-order chi connectivity index (χ1) is 12.1. The Labute approximate surface area is 155 Å². The third-order valence-electron chi connectivity index (χ3n) is 4.73. The lowest BCUT2D eigenvalue weighted by molar-refractivity contribution is 0.408. The summed E-state index contributed by atoms with van der Waals surface area (Å²) in [6.45, 7) is 2.02. The fraction of sp³-hybridized carbons (Fsp3) is 0.389. The summed E-state index contributed by atoms with van der Waals surface area (Å²) < 4.78 is 3.04. The van der Waals surface area contributed by atoms with Gasteiger partial charge in [0.15, 0.2) is 0 Å². The number of nitrogens with one attached hydrogen (secondary N) is 1. The van der Waals surface area contributed by atoms with Gasteiger partial charge in [0.05, 0.1) is 17.6 Å². The molecule has 25 heavy (non-hydrogen) atoms. The number of halogens is 1. The number of aromatic nitrogens is 4. The van der Waals surface area contributed by atoms with Gasteiger partial charge >= 0.3 is 0 Å². The Bertz CT molecular complexity index is 906. The smallest absolute Gasteiger partial charge is 0.223 e. The van der Waals surface area contributed by atoms with Crippen molar-refractivity contribution in [2.75, 3.05) is 5.32 Å². The van der Waals surface area contributed by atoms with E-state index in [9.17, 15) is 0 Å². The number of nitrogens with two attached hydrogens (primary N) is 1. The minimum atomic E-state index is 0.271. The fourth-order valence-electron chi connectivity index (χ4n) is 3.44. The highest BCUT2D eigenvalue weighted by atomic mass is 79.9. The van der Waals surface area contributed by atoms with Crippen molar-refractivity contribution in [1.29, 1.82) is 0 Å². The van der Waals surface area contributed by atoms with Crippen LogP contribution < -0.4 is 11.1 Å². The van der Waals surface area contributed by atoms with Crippen LogP contribution in [0.3, 0.4) is 0 Å². The van der Waals surface area contributed by atoms with Crippen LogP contribution in [-0.2, 0) is 0 Å². The highest BCUT2D eigenvalue weighted by molar-refractivity contribution is 9.10. The topological polar surface area (TPSA) is 81.1 Å². The summed E-state index contributed by atoms with van der Waals surface area (Å²) in [4.78, 5) is 13.7. The number of aryl methyl sites for hydroxylation is 1. The van der Waals surface area contributed by atoms with E-state index in [0.717, 1.165) is 52.8 Å². The second kappa shape index (κ2) is 6.72. The SMILES string of the molecule is Cc1cnc(NC2CCCC(N)C2)nc1-c1cnc2ccc(Br)cn12. The van der Waals surface area contributed by atoms with E-state index in [2.05, 4.69) is 31.2 Å². The summed E-state index contributed by atoms with van der Waals surface area (Å²) in [5.74, 6) is 0.657. The van der Waals surface area contributed by atoms with Crippen LogP contribution in [0.15, 0.2) is 35.2 Å². The number of pyridine rings is 1. The Morgan fingerprint density at radius 2 is 2.12 bits per heavy atom. The molecule has 2 unspecified atom stereocenters. The molecule has 3 N–H and O–H groups in total. The van der Waals surface area contributed by atoms with Crippen molar-refractivity contribution in [3.8, 4) is 11.4 Å². The predicted molar refractivity (Wildman–Crippen MR) is 103 cm³/mol. The lowest BCUT2D eigenvalue weighted by Crippen LogP contribution is -2.35. The van der Waals surface area contributed by atoms with Gasteiger partial charge in [-0.05, 0) is 66.2 Å². The van der Waals surface area contributed by atoms with E-state index in [0.29, 0.717) is 12.0 Å². The first-order valence-corrected chi connectivity index (χ1v) is 9.38. The number of fused-ring (bicyclic) bond motifs is 1. The molecule has 4 rings (SSSR count). The number of nitrogens with zero attached hydrogens (tertiary/aromatic N) is 4. The minimum absolute atomic E-state index is 0.271. The van der Waals surface area contributed by atoms with Crippen LogP contribution in [-0.4, -0.2) is 31.4 Å². The maximum atomic E-state index is 6.09. The average Bonchev–Trinajstić information content (AvgIpc) is 2.99. The highest BCUT2D eigenvalue weighted by Gasteiger charge is 2.20. The third-order valence-corrected chi connectivity index (χ3v) is 5.20. The largest absolute Gasteiger partial charge is 0.351 e. The van der Waals surface area contributed by atoms with Crippen LogP contribution in [0.2, 0.25) is 0 Å². The third kappa shape index (κ3) is 3.39. The molecule has 1 aliphatic carbocycles. The van der Waals surface area contributed by atoms with Gasteiger partial charge in [-0.15, -0.1) is 0 Å². The predicted octanol–water partition coefficient (Wildman–Crippen LogP) is 3.54. The van der Waals surface area contributed by atoms with E-state index in [1.54, 1.807) is 0 Å². The Balaban J connectivity index is 1.68. The van der Waals surface area contributed by atoms with Gasteiger partial charge in [0.2, 0.25) is 5.95 Å². The van der Waals surface area contributed by atoms with Crippen molar-refractivity contribution in [1.82, 2.24) is 19.4 Å². The quantitative estimate of drug-likeness (QED) is 0.702. The lowest BCUT2D eigenvalue weighted by Gasteiger charge is -2.27. The number of imidazole rings is 1. The van der Waals surface area contributed by atoms with E-state index < -0.39 is 0 Å². The molecule has 7 heteroatoms. The van der Waals surface area contributed by atoms with Crippen LogP contribution in [0.25, 0.3) is 17.0 Å². The molecule has 0 saturated heterocycles. The van der Waals surface area contributed by atoms with E-state index in [-0.39, 0.29) is 6.04 Å². The minimum Gasteiger partial charge on any atom is -0.351 e. The second-order valence-corrected chi connectivity index (χ2v) is 7.63. The number of rotatable bonds is 3. The number of anilines is 1. The zero-order valence-electron chi connectivity index (χ0n) is 14.1. The van der Waals surface area contributed by atoms with Gasteiger partial charge in [0.25, 0.3) is 0 Å². The fourth-order valence-corrected chi connectivity index (χ4v) is 3.78. The molecular formula is C18H21BrN6. The summed E-state index contributed by atoms with van der Waals surface area (Å²) in [5, 5.41) is 3.46. The van der Waals surface area contributed by atoms with E-state index >= 15 is 0 Å². The Hall–Kier alpha value is -1.99. The molecule has 2 atom stereocenters. The first-order valence-electron chi connectivity index (χ1n) is 8.59. The van der Waals surface area contributed by atoms with Crippen molar-refractivity contribution in [2.45, 2.75) is 44.7 Å². The van der Waals surface area contributed by atoms with Gasteiger partial charge in [0, 0.05) is 29.0 Å². The Morgan fingerprint density at radius 3 is 2.96 bits per heavy atom. The van der Waals surface area contributed by atoms with Gasteiger partial charge in [-0.1, -0.05) is 0 Å². The molecule has 0 radical (unpaired) electrons. The van der Waals surface area contributed by atoms with Gasteiger partial charge in [0.1, 0.15) is 5.65 Å². The molecule has 0 aliphatic heterocycles. The second-order valence-electron chi connectivity index (χ2n) is 6.71. The molecule has 6 nitrogen and oxygen atoms in total. The zero-order chi connectivity index (χ0) is 17.4. The van der Waals surface area contributed by atoms with Crippen LogP contribution in [0.4, 0.5) is 5.95 Å². The van der Waals surface area contributed by atoms with Crippen molar-refractivity contribution in [3.05, 3.63) is 40.8 Å². The monoisotopic (exact) mass is 400 g/mol. The van der Waals surface area contributed by atoms with Gasteiger partial charge in [-0.3, -0.25) is 4.40 Å². The molecule has 0 aromatic carbocycles. The molecule has 1 saturated carbocycles. The highest BCUT2D eigenvalue weighted by Crippen LogP contribution is 2.26. The van der Waals surface area contributed by atoms with Crippen LogP contribution >= 0.6 is 15.9 Å². The van der Waals surface area contributed by atoms with Crippen molar-refractivity contribution < 1.29 is 0 Å². The molecule has 130 valence electrons. The molecule has 0 spiro atoms. The van der Waals surface area contributed by atoms with Crippen molar-refractivity contribution >= 4 is 27.5 Å². The van der Waals surface area contributed by atoms with Crippen molar-refractivity contribution in [2.24, 2.45) is 5.73 Å². The Morgan fingerprint density at radius 1 is 1.24 bits per heavy atom. The normalized spacial score (nSPS) is 20.8. The molecule has 0 bridgehead atoms. The summed E-state index contributed by atoms with van der Waals surface area (Å²) >= 11 is 3.52. The zero-order valence-corrected chi connectivity index (χ0v) is 15.7. The van der Waals surface area contributed by atoms with Gasteiger partial charge < -0.3 is 11.1 Å². The summed E-state index contributed by atoms with van der Waals surface area (Å²) in [5.41, 5.74) is 9.85. The molecule has 1 aliphatic rings. The van der Waals surface area contributed by atoms with E-state index in [1.807, 2.05) is 42.0 Å². The van der Waals surface area contributed by atoms with Crippen LogP contribution in [0.5, 0.6) is 0 Å². The van der Waals surface area contributed by atoms with Crippen LogP contribution in [0.1, 0.15) is 31.2 Å². The van der Waals surface area contributed by atoms with Gasteiger partial charge in [-0.2, -0.15) is 0 Å². The molecule has 3 heterocycles. The standard InChI is InChI=1S/C18H21BrN6/c1-11-8-22-18(23-14-4-2-3-13(20)7-14)24-17(11)15-9-21-16-6-5-12(19)10-25(15)16/h5-6,8-10,13-14H,2-4,7,20H2,1H3,(H,22,23,24). The molecule has 1 fully saturated rings. The van der Waals surface area contributed by atoms with E-state index in [1.165, 1.54) is 0 Å². The lowest BCUT2D eigenvalue weighted by atomic mass is 9.92. The van der Waals surface area contributed by atoms with E-state index in [4.69, 9.17) is 10.7 Å². The summed E-state index contributed by atoms with van der Waals surface area (Å²) in [7, 11) is 0. The molecule has 3 aromatic heterocycles. The maximum Gasteiger partial charge on any atom is 0.223 e. The molecular weight excluding hydrogens is 380 g/mol. The van der Waals surface area contributed by atoms with Gasteiger partial charge in [-0.25, -0.2) is 15.0 Å². The average molecular weight is 401 g/mol. The maximum absolute atomic E-state index is 6.09. The number of hydrogen-bond acceptors (Lipinski definition) is 5.